The van der Waals surface area contributed by atoms with E-state index in [0.29, 0.717) is 24.8 Å². The molecular formula is C25H27N5O2. The largest absolute Gasteiger partial charge is 0.494 e. The highest BCUT2D eigenvalue weighted by Gasteiger charge is 2.36. The summed E-state index contributed by atoms with van der Waals surface area (Å²) in [5.41, 5.74) is 4.82. The molecule has 0 radical (unpaired) electrons. The van der Waals surface area contributed by atoms with Crippen molar-refractivity contribution in [3.63, 3.8) is 0 Å². The molecule has 1 unspecified atom stereocenters. The molecule has 0 saturated heterocycles. The van der Waals surface area contributed by atoms with Crippen molar-refractivity contribution in [2.45, 2.75) is 32.2 Å². The van der Waals surface area contributed by atoms with Crippen LogP contribution in [0, 0.1) is 0 Å². The molecule has 2 heterocycles. The minimum atomic E-state index is -0.299. The van der Waals surface area contributed by atoms with Crippen LogP contribution in [0.3, 0.4) is 0 Å². The quantitative estimate of drug-likeness (QED) is 0.647. The number of hydrogen-bond acceptors (Lipinski definition) is 6. The van der Waals surface area contributed by atoms with E-state index in [0.717, 1.165) is 46.7 Å². The lowest BCUT2D eigenvalue weighted by atomic mass is 9.85. The van der Waals surface area contributed by atoms with E-state index in [-0.39, 0.29) is 11.8 Å². The Balaban J connectivity index is 1.58. The minimum absolute atomic E-state index is 0.177. The predicted octanol–water partition coefficient (Wildman–Crippen LogP) is 4.43. The Hall–Kier alpha value is -3.61. The van der Waals surface area contributed by atoms with Crippen LogP contribution < -0.4 is 15.0 Å². The smallest absolute Gasteiger partial charge is 0.226 e. The molecule has 1 aromatic heterocycles. The van der Waals surface area contributed by atoms with Crippen LogP contribution in [0.15, 0.2) is 59.8 Å². The van der Waals surface area contributed by atoms with E-state index in [1.165, 1.54) is 0 Å². The van der Waals surface area contributed by atoms with Crippen LogP contribution in [0.25, 0.3) is 11.4 Å². The second-order valence-corrected chi connectivity index (χ2v) is 8.34. The second-order valence-electron chi connectivity index (χ2n) is 8.34. The number of allylic oxidation sites excluding steroid dienone is 2. The fourth-order valence-electron chi connectivity index (χ4n) is 4.41. The van der Waals surface area contributed by atoms with Crippen LogP contribution in [0.5, 0.6) is 5.75 Å². The predicted molar refractivity (Wildman–Crippen MR) is 125 cm³/mol. The molecule has 32 heavy (non-hydrogen) atoms. The van der Waals surface area contributed by atoms with E-state index in [9.17, 15) is 4.79 Å². The molecule has 2 aromatic carbocycles. The molecule has 3 aromatic rings. The van der Waals surface area contributed by atoms with Crippen LogP contribution in [0.2, 0.25) is 0 Å². The summed E-state index contributed by atoms with van der Waals surface area (Å²) in [6, 6.07) is 15.8. The lowest BCUT2D eigenvalue weighted by Crippen LogP contribution is -2.31. The Labute approximate surface area is 187 Å². The van der Waals surface area contributed by atoms with Crippen molar-refractivity contribution < 1.29 is 9.53 Å². The number of nitrogens with zero attached hydrogens (tertiary/aromatic N) is 4. The van der Waals surface area contributed by atoms with Gasteiger partial charge in [0.2, 0.25) is 5.95 Å². The topological polar surface area (TPSA) is 72.3 Å². The fourth-order valence-corrected chi connectivity index (χ4v) is 4.41. The van der Waals surface area contributed by atoms with E-state index < -0.39 is 0 Å². The molecule has 0 spiro atoms. The lowest BCUT2D eigenvalue weighted by molar-refractivity contribution is -0.116. The van der Waals surface area contributed by atoms with Gasteiger partial charge >= 0.3 is 0 Å². The van der Waals surface area contributed by atoms with Crippen molar-refractivity contribution in [3.8, 4) is 17.1 Å². The molecule has 1 aliphatic carbocycles. The first-order chi connectivity index (χ1) is 15.5. The average Bonchev–Trinajstić information content (AvgIpc) is 3.22. The minimum Gasteiger partial charge on any atom is -0.494 e. The fraction of sp³-hybridized carbons (Fsp3) is 0.320. The molecule has 1 aliphatic heterocycles. The Morgan fingerprint density at radius 1 is 1.09 bits per heavy atom. The van der Waals surface area contributed by atoms with E-state index in [4.69, 9.17) is 14.8 Å². The van der Waals surface area contributed by atoms with Crippen LogP contribution in [-0.2, 0) is 4.79 Å². The van der Waals surface area contributed by atoms with E-state index in [1.54, 1.807) is 0 Å². The molecule has 2 aliphatic rings. The van der Waals surface area contributed by atoms with Crippen LogP contribution in [-0.4, -0.2) is 41.2 Å². The molecule has 5 rings (SSSR count). The number of fused-ring (bicyclic) bond motifs is 1. The van der Waals surface area contributed by atoms with Gasteiger partial charge in [0.05, 0.1) is 6.61 Å². The summed E-state index contributed by atoms with van der Waals surface area (Å²) >= 11 is 0. The third kappa shape index (κ3) is 3.53. The number of Topliss-reactive ketones (excluding diaryl/α,β-unsaturated/α-hetero) is 1. The molecule has 7 heteroatoms. The van der Waals surface area contributed by atoms with Gasteiger partial charge in [-0.15, -0.1) is 5.10 Å². The molecule has 1 N–H and O–H groups in total. The Bertz CT molecular complexity index is 1180. The number of rotatable bonds is 5. The van der Waals surface area contributed by atoms with Gasteiger partial charge in [-0.2, -0.15) is 4.98 Å². The maximum absolute atomic E-state index is 13.0. The number of hydrogen-bond donors (Lipinski definition) is 1. The van der Waals surface area contributed by atoms with Gasteiger partial charge in [0.1, 0.15) is 11.8 Å². The summed E-state index contributed by atoms with van der Waals surface area (Å²) in [6.45, 7) is 2.58. The highest BCUT2D eigenvalue weighted by atomic mass is 16.5. The highest BCUT2D eigenvalue weighted by molar-refractivity contribution is 5.99. The average molecular weight is 430 g/mol. The van der Waals surface area contributed by atoms with Gasteiger partial charge in [0.25, 0.3) is 0 Å². The maximum Gasteiger partial charge on any atom is 0.226 e. The van der Waals surface area contributed by atoms with Crippen molar-refractivity contribution in [2.75, 3.05) is 30.9 Å². The molecule has 164 valence electrons. The van der Waals surface area contributed by atoms with Gasteiger partial charge in [0, 0.05) is 43.0 Å². The number of aromatic nitrogens is 3. The van der Waals surface area contributed by atoms with Crippen molar-refractivity contribution in [3.05, 3.63) is 65.4 Å². The Morgan fingerprint density at radius 3 is 2.53 bits per heavy atom. The first-order valence-electron chi connectivity index (χ1n) is 11.1. The summed E-state index contributed by atoms with van der Waals surface area (Å²) in [5.74, 6) is 2.30. The number of benzene rings is 2. The number of carbonyl (C=O) groups excluding carboxylic acids is 1. The molecule has 1 atom stereocenters. The van der Waals surface area contributed by atoms with Crippen molar-refractivity contribution in [2.24, 2.45) is 0 Å². The number of carbonyl (C=O) groups is 1. The first kappa shape index (κ1) is 20.3. The molecule has 0 fully saturated rings. The van der Waals surface area contributed by atoms with Gasteiger partial charge in [-0.3, -0.25) is 4.79 Å². The zero-order valence-electron chi connectivity index (χ0n) is 18.6. The standard InChI is InChI=1S/C25H27N5O2/c1-4-32-19-14-10-16(11-15-19)23-22-20(6-5-7-21(22)31)26-25-27-24(28-30(23)25)17-8-12-18(13-9-17)29(2)3/h8-15,23H,4-7H2,1-3H3,(H,26,27,28). The van der Waals surface area contributed by atoms with Gasteiger partial charge in [0.15, 0.2) is 11.6 Å². The Kier molecular flexibility index (Phi) is 5.17. The van der Waals surface area contributed by atoms with E-state index in [1.807, 2.05) is 62.1 Å². The van der Waals surface area contributed by atoms with Crippen molar-refractivity contribution in [1.29, 1.82) is 0 Å². The summed E-state index contributed by atoms with van der Waals surface area (Å²) in [6.07, 6.45) is 2.26. The van der Waals surface area contributed by atoms with E-state index >= 15 is 0 Å². The highest BCUT2D eigenvalue weighted by Crippen LogP contribution is 2.41. The van der Waals surface area contributed by atoms with E-state index in [2.05, 4.69) is 22.3 Å². The monoisotopic (exact) mass is 429 g/mol. The summed E-state index contributed by atoms with van der Waals surface area (Å²) in [5, 5.41) is 8.25. The third-order valence-electron chi connectivity index (χ3n) is 6.02. The van der Waals surface area contributed by atoms with Crippen LogP contribution in [0.1, 0.15) is 37.8 Å². The van der Waals surface area contributed by atoms with Crippen molar-refractivity contribution >= 4 is 17.4 Å². The van der Waals surface area contributed by atoms with Gasteiger partial charge in [-0.05, 0) is 61.7 Å². The Morgan fingerprint density at radius 2 is 1.84 bits per heavy atom. The SMILES string of the molecule is CCOc1ccc(C2C3=C(CCCC3=O)Nc3nc(-c4ccc(N(C)C)cc4)nn32)cc1. The molecule has 0 amide bonds. The first-order valence-corrected chi connectivity index (χ1v) is 11.1. The summed E-state index contributed by atoms with van der Waals surface area (Å²) in [7, 11) is 4.03. The molecule has 0 saturated carbocycles. The molecule has 7 nitrogen and oxygen atoms in total. The van der Waals surface area contributed by atoms with Crippen LogP contribution >= 0.6 is 0 Å². The summed E-state index contributed by atoms with van der Waals surface area (Å²) < 4.78 is 7.46. The number of ketones is 1. The number of ether oxygens (including phenoxy) is 1. The van der Waals surface area contributed by atoms with Gasteiger partial charge in [-0.25, -0.2) is 4.68 Å². The summed E-state index contributed by atoms with van der Waals surface area (Å²) in [4.78, 5) is 19.8. The third-order valence-corrected chi connectivity index (χ3v) is 6.02. The number of nitrogens with one attached hydrogen (secondary N) is 1. The molecular weight excluding hydrogens is 402 g/mol. The van der Waals surface area contributed by atoms with Gasteiger partial charge < -0.3 is 15.0 Å². The maximum atomic E-state index is 13.0. The van der Waals surface area contributed by atoms with Crippen LogP contribution in [0.4, 0.5) is 11.6 Å². The van der Waals surface area contributed by atoms with Crippen molar-refractivity contribution in [1.82, 2.24) is 14.8 Å². The second kappa shape index (κ2) is 8.15. The normalized spacial score (nSPS) is 17.5. The lowest BCUT2D eigenvalue weighted by Gasteiger charge is -2.32. The number of anilines is 2. The zero-order valence-corrected chi connectivity index (χ0v) is 18.6. The zero-order chi connectivity index (χ0) is 22.2. The van der Waals surface area contributed by atoms with Gasteiger partial charge in [-0.1, -0.05) is 12.1 Å². The molecule has 0 bridgehead atoms.